The summed E-state index contributed by atoms with van der Waals surface area (Å²) in [6.45, 7) is 0.712. The predicted octanol–water partition coefficient (Wildman–Crippen LogP) is 2.81. The number of benzene rings is 2. The van der Waals surface area contributed by atoms with E-state index in [4.69, 9.17) is 10.5 Å². The van der Waals surface area contributed by atoms with Crippen LogP contribution in [0.25, 0.3) is 0 Å². The number of para-hydroxylation sites is 3. The fourth-order valence-corrected chi connectivity index (χ4v) is 1.70. The topological polar surface area (TPSA) is 76.4 Å². The van der Waals surface area contributed by atoms with Crippen LogP contribution in [0.1, 0.15) is 0 Å². The molecule has 21 heavy (non-hydrogen) atoms. The number of anilines is 2. The molecule has 4 N–H and O–H groups in total. The normalized spacial score (nSPS) is 10.0. The highest BCUT2D eigenvalue weighted by atomic mass is 19.1. The number of amides is 2. The maximum atomic E-state index is 13.5. The molecule has 6 heteroatoms. The van der Waals surface area contributed by atoms with Crippen molar-refractivity contribution in [2.24, 2.45) is 5.73 Å². The second-order valence-corrected chi connectivity index (χ2v) is 4.19. The first kappa shape index (κ1) is 14.8. The van der Waals surface area contributed by atoms with E-state index < -0.39 is 11.8 Å². The molecule has 2 aromatic carbocycles. The molecule has 0 saturated carbocycles. The van der Waals surface area contributed by atoms with Gasteiger partial charge in [-0.3, -0.25) is 0 Å². The van der Waals surface area contributed by atoms with Crippen molar-refractivity contribution in [2.45, 2.75) is 0 Å². The fourth-order valence-electron chi connectivity index (χ4n) is 1.70. The minimum absolute atomic E-state index is 0.107. The number of nitrogens with two attached hydrogens (primary N) is 1. The lowest BCUT2D eigenvalue weighted by molar-refractivity contribution is 0.261. The van der Waals surface area contributed by atoms with E-state index in [1.807, 2.05) is 0 Å². The Labute approximate surface area is 121 Å². The zero-order valence-corrected chi connectivity index (χ0v) is 11.3. The highest BCUT2D eigenvalue weighted by Crippen LogP contribution is 2.24. The highest BCUT2D eigenvalue weighted by Gasteiger charge is 2.09. The molecule has 0 radical (unpaired) electrons. The Morgan fingerprint density at radius 1 is 1.05 bits per heavy atom. The number of ether oxygens (including phenoxy) is 1. The van der Waals surface area contributed by atoms with E-state index in [2.05, 4.69) is 10.6 Å². The molecule has 2 amide bonds. The van der Waals surface area contributed by atoms with Crippen LogP contribution in [0.5, 0.6) is 5.75 Å². The zero-order valence-electron chi connectivity index (χ0n) is 11.3. The minimum Gasteiger partial charge on any atom is -0.490 e. The van der Waals surface area contributed by atoms with Gasteiger partial charge in [0.15, 0.2) is 0 Å². The van der Waals surface area contributed by atoms with Crippen molar-refractivity contribution in [2.75, 3.05) is 23.8 Å². The third-order valence-corrected chi connectivity index (χ3v) is 2.63. The van der Waals surface area contributed by atoms with Crippen LogP contribution >= 0.6 is 0 Å². The summed E-state index contributed by atoms with van der Waals surface area (Å²) in [5.74, 6) is 0.00644. The van der Waals surface area contributed by atoms with Gasteiger partial charge in [-0.15, -0.1) is 0 Å². The van der Waals surface area contributed by atoms with Crippen molar-refractivity contribution < 1.29 is 13.9 Å². The van der Waals surface area contributed by atoms with Gasteiger partial charge in [0.1, 0.15) is 18.2 Å². The van der Waals surface area contributed by atoms with Gasteiger partial charge < -0.3 is 21.1 Å². The number of urea groups is 1. The summed E-state index contributed by atoms with van der Waals surface area (Å²) in [5.41, 5.74) is 5.97. The van der Waals surface area contributed by atoms with Gasteiger partial charge in [0.2, 0.25) is 0 Å². The molecule has 110 valence electrons. The smallest absolute Gasteiger partial charge is 0.323 e. The molecule has 0 bridgehead atoms. The number of nitrogens with one attached hydrogen (secondary N) is 2. The van der Waals surface area contributed by atoms with E-state index in [9.17, 15) is 9.18 Å². The molecule has 2 aromatic rings. The van der Waals surface area contributed by atoms with Gasteiger partial charge in [0, 0.05) is 6.54 Å². The summed E-state index contributed by atoms with van der Waals surface area (Å²) in [7, 11) is 0. The Morgan fingerprint density at radius 2 is 1.67 bits per heavy atom. The standard InChI is InChI=1S/C15H16FN3O2/c16-11-5-1-2-6-12(11)18-15(20)19-13-7-3-4-8-14(13)21-10-9-17/h1-8H,9-10,17H2,(H2,18,19,20). The van der Waals surface area contributed by atoms with Gasteiger partial charge in [-0.2, -0.15) is 0 Å². The molecule has 0 unspecified atom stereocenters. The molecule has 2 rings (SSSR count). The molecule has 0 saturated heterocycles. The molecular weight excluding hydrogens is 273 g/mol. The summed E-state index contributed by atoms with van der Waals surface area (Å²) in [5, 5.41) is 5.05. The number of hydrogen-bond donors (Lipinski definition) is 3. The number of halogens is 1. The molecule has 0 aliphatic heterocycles. The van der Waals surface area contributed by atoms with E-state index in [0.29, 0.717) is 24.6 Å². The monoisotopic (exact) mass is 289 g/mol. The number of carbonyl (C=O) groups excluding carboxylic acids is 1. The van der Waals surface area contributed by atoms with E-state index in [-0.39, 0.29) is 5.69 Å². The molecule has 5 nitrogen and oxygen atoms in total. The largest absolute Gasteiger partial charge is 0.490 e. The first-order valence-corrected chi connectivity index (χ1v) is 6.45. The molecule has 0 heterocycles. The predicted molar refractivity (Wildman–Crippen MR) is 80.0 cm³/mol. The van der Waals surface area contributed by atoms with Gasteiger partial charge in [-0.1, -0.05) is 24.3 Å². The SMILES string of the molecule is NCCOc1ccccc1NC(=O)Nc1ccccc1F. The number of rotatable bonds is 5. The Morgan fingerprint density at radius 3 is 2.38 bits per heavy atom. The van der Waals surface area contributed by atoms with Gasteiger partial charge in [-0.25, -0.2) is 9.18 Å². The van der Waals surface area contributed by atoms with Crippen molar-refractivity contribution in [1.82, 2.24) is 0 Å². The van der Waals surface area contributed by atoms with Crippen molar-refractivity contribution in [3.8, 4) is 5.75 Å². The number of carbonyl (C=O) groups is 1. The van der Waals surface area contributed by atoms with Crippen LogP contribution in [0.4, 0.5) is 20.6 Å². The fraction of sp³-hybridized carbons (Fsp3) is 0.133. The molecule has 0 aliphatic carbocycles. The molecule has 0 spiro atoms. The highest BCUT2D eigenvalue weighted by molar-refractivity contribution is 6.00. The lowest BCUT2D eigenvalue weighted by Gasteiger charge is -2.12. The van der Waals surface area contributed by atoms with Crippen LogP contribution < -0.4 is 21.1 Å². The summed E-state index contributed by atoms with van der Waals surface area (Å²) >= 11 is 0. The third kappa shape index (κ3) is 4.19. The van der Waals surface area contributed by atoms with E-state index in [0.717, 1.165) is 0 Å². The average Bonchev–Trinajstić information content (AvgIpc) is 2.49. The van der Waals surface area contributed by atoms with Gasteiger partial charge in [0.25, 0.3) is 0 Å². The van der Waals surface area contributed by atoms with E-state index in [1.54, 1.807) is 36.4 Å². The quantitative estimate of drug-likeness (QED) is 0.792. The summed E-state index contributed by atoms with van der Waals surface area (Å²) in [6.07, 6.45) is 0. The van der Waals surface area contributed by atoms with Crippen molar-refractivity contribution in [1.29, 1.82) is 0 Å². The Bertz CT molecular complexity index is 619. The maximum Gasteiger partial charge on any atom is 0.323 e. The van der Waals surface area contributed by atoms with Crippen LogP contribution in [0.2, 0.25) is 0 Å². The van der Waals surface area contributed by atoms with Crippen LogP contribution in [-0.4, -0.2) is 19.2 Å². The summed E-state index contributed by atoms with van der Waals surface area (Å²) in [6, 6.07) is 12.3. The molecular formula is C15H16FN3O2. The molecule has 0 fully saturated rings. The van der Waals surface area contributed by atoms with Crippen LogP contribution in [0.15, 0.2) is 48.5 Å². The third-order valence-electron chi connectivity index (χ3n) is 2.63. The van der Waals surface area contributed by atoms with Gasteiger partial charge in [-0.05, 0) is 24.3 Å². The lowest BCUT2D eigenvalue weighted by atomic mass is 10.3. The molecule has 0 aliphatic rings. The molecule has 0 atom stereocenters. The van der Waals surface area contributed by atoms with Gasteiger partial charge >= 0.3 is 6.03 Å². The van der Waals surface area contributed by atoms with Crippen molar-refractivity contribution in [3.05, 3.63) is 54.3 Å². The van der Waals surface area contributed by atoms with Crippen LogP contribution in [0.3, 0.4) is 0 Å². The second kappa shape index (κ2) is 7.25. The van der Waals surface area contributed by atoms with Crippen LogP contribution in [-0.2, 0) is 0 Å². The van der Waals surface area contributed by atoms with Crippen molar-refractivity contribution in [3.63, 3.8) is 0 Å². The Hall–Kier alpha value is -2.60. The zero-order chi connectivity index (χ0) is 15.1. The summed E-state index contributed by atoms with van der Waals surface area (Å²) in [4.78, 5) is 11.9. The minimum atomic E-state index is -0.552. The summed E-state index contributed by atoms with van der Waals surface area (Å²) < 4.78 is 18.9. The van der Waals surface area contributed by atoms with E-state index in [1.165, 1.54) is 12.1 Å². The van der Waals surface area contributed by atoms with Gasteiger partial charge in [0.05, 0.1) is 11.4 Å². The lowest BCUT2D eigenvalue weighted by Crippen LogP contribution is -2.21. The number of hydrogen-bond acceptors (Lipinski definition) is 3. The second-order valence-electron chi connectivity index (χ2n) is 4.19. The molecule has 0 aromatic heterocycles. The van der Waals surface area contributed by atoms with Crippen molar-refractivity contribution >= 4 is 17.4 Å². The van der Waals surface area contributed by atoms with Crippen LogP contribution in [0, 0.1) is 5.82 Å². The first-order chi connectivity index (χ1) is 10.2. The first-order valence-electron chi connectivity index (χ1n) is 6.45. The average molecular weight is 289 g/mol. The Kier molecular flexibility index (Phi) is 5.11. The Balaban J connectivity index is 2.04. The van der Waals surface area contributed by atoms with E-state index >= 15 is 0 Å². The maximum absolute atomic E-state index is 13.5.